The molecule has 1 aromatic rings. The van der Waals surface area contributed by atoms with Gasteiger partial charge >= 0.3 is 0 Å². The smallest absolute Gasteiger partial charge is 0.282 e. The second kappa shape index (κ2) is 9.04. The second-order valence-corrected chi connectivity index (χ2v) is 8.43. The van der Waals surface area contributed by atoms with Gasteiger partial charge in [-0.3, -0.25) is 4.79 Å². The molecule has 0 aromatic heterocycles. The normalized spacial score (nSPS) is 21.1. The Balaban J connectivity index is 2.14. The predicted molar refractivity (Wildman–Crippen MR) is 121 cm³/mol. The molecule has 0 saturated carbocycles. The maximum absolute atomic E-state index is 13.3. The van der Waals surface area contributed by atoms with Crippen molar-refractivity contribution < 1.29 is 4.79 Å². The maximum Gasteiger partial charge on any atom is 0.282 e. The number of carbonyl (C=O) groups is 1. The van der Waals surface area contributed by atoms with Crippen LogP contribution >= 0.6 is 11.6 Å². The van der Waals surface area contributed by atoms with E-state index in [9.17, 15) is 4.79 Å². The van der Waals surface area contributed by atoms with E-state index in [4.69, 9.17) is 16.7 Å². The van der Waals surface area contributed by atoms with E-state index in [1.54, 1.807) is 12.1 Å². The fourth-order valence-electron chi connectivity index (χ4n) is 4.06. The van der Waals surface area contributed by atoms with Gasteiger partial charge in [0.1, 0.15) is 5.71 Å². The highest BCUT2D eigenvalue weighted by Gasteiger charge is 2.36. The summed E-state index contributed by atoms with van der Waals surface area (Å²) in [4.78, 5) is 17.6. The van der Waals surface area contributed by atoms with Gasteiger partial charge in [-0.2, -0.15) is 10.1 Å². The standard InChI is InChI=1S/C23H31ClN4O/c1-6-27(7-2)21-13-8-16(3)14-19(21)22-20(15-26(4)5)23(29)28(25-22)18-11-9-17(24)10-12-18/h9-12,15-16H,6-8,13-14H2,1-5H3. The van der Waals surface area contributed by atoms with Crippen LogP contribution in [0.15, 0.2) is 52.4 Å². The molecule has 1 aromatic carbocycles. The van der Waals surface area contributed by atoms with Gasteiger partial charge in [0.05, 0.1) is 11.3 Å². The summed E-state index contributed by atoms with van der Waals surface area (Å²) in [5.74, 6) is 0.480. The molecule has 1 amide bonds. The summed E-state index contributed by atoms with van der Waals surface area (Å²) in [6, 6.07) is 7.25. The lowest BCUT2D eigenvalue weighted by Crippen LogP contribution is -2.29. The number of nitrogens with zero attached hydrogens (tertiary/aromatic N) is 4. The lowest BCUT2D eigenvalue weighted by atomic mass is 9.83. The summed E-state index contributed by atoms with van der Waals surface area (Å²) >= 11 is 6.03. The number of hydrogen-bond donors (Lipinski definition) is 0. The lowest BCUT2D eigenvalue weighted by Gasteiger charge is -2.33. The van der Waals surface area contributed by atoms with Gasteiger partial charge in [0.25, 0.3) is 5.91 Å². The van der Waals surface area contributed by atoms with Gasteiger partial charge in [-0.1, -0.05) is 18.5 Å². The quantitative estimate of drug-likeness (QED) is 0.621. The molecule has 1 unspecified atom stereocenters. The van der Waals surface area contributed by atoms with E-state index < -0.39 is 0 Å². The Kier molecular flexibility index (Phi) is 6.68. The topological polar surface area (TPSA) is 39.1 Å². The van der Waals surface area contributed by atoms with Crippen LogP contribution in [0.4, 0.5) is 5.69 Å². The third kappa shape index (κ3) is 4.50. The number of rotatable bonds is 6. The number of benzene rings is 1. The number of halogens is 1. The van der Waals surface area contributed by atoms with Gasteiger partial charge in [-0.25, -0.2) is 0 Å². The summed E-state index contributed by atoms with van der Waals surface area (Å²) in [6.45, 7) is 8.56. The van der Waals surface area contributed by atoms with Crippen molar-refractivity contribution in [1.29, 1.82) is 0 Å². The van der Waals surface area contributed by atoms with Gasteiger partial charge in [0.15, 0.2) is 0 Å². The van der Waals surface area contributed by atoms with Crippen LogP contribution in [0.2, 0.25) is 5.02 Å². The fraction of sp³-hybridized carbons (Fsp3) is 0.478. The minimum atomic E-state index is -0.0966. The number of amides is 1. The first kappa shape index (κ1) is 21.4. The highest BCUT2D eigenvalue weighted by molar-refractivity contribution is 6.35. The van der Waals surface area contributed by atoms with E-state index in [-0.39, 0.29) is 5.91 Å². The number of hydrazone groups is 1. The van der Waals surface area contributed by atoms with Crippen molar-refractivity contribution in [3.63, 3.8) is 0 Å². The molecule has 3 rings (SSSR count). The van der Waals surface area contributed by atoms with Gasteiger partial charge in [0, 0.05) is 44.1 Å². The van der Waals surface area contributed by atoms with Crippen molar-refractivity contribution in [3.8, 4) is 0 Å². The Bertz CT molecular complexity index is 850. The summed E-state index contributed by atoms with van der Waals surface area (Å²) < 4.78 is 0. The van der Waals surface area contributed by atoms with Gasteiger partial charge in [-0.05, 0) is 68.9 Å². The monoisotopic (exact) mass is 414 g/mol. The van der Waals surface area contributed by atoms with Crippen molar-refractivity contribution in [1.82, 2.24) is 9.80 Å². The lowest BCUT2D eigenvalue weighted by molar-refractivity contribution is -0.114. The van der Waals surface area contributed by atoms with Crippen molar-refractivity contribution in [2.75, 3.05) is 32.2 Å². The van der Waals surface area contributed by atoms with Crippen LogP contribution in [-0.2, 0) is 4.79 Å². The summed E-state index contributed by atoms with van der Waals surface area (Å²) in [7, 11) is 3.87. The molecule has 6 heteroatoms. The molecule has 1 heterocycles. The highest BCUT2D eigenvalue weighted by atomic mass is 35.5. The van der Waals surface area contributed by atoms with Gasteiger partial charge < -0.3 is 9.80 Å². The average molecular weight is 415 g/mol. The molecule has 1 atom stereocenters. The second-order valence-electron chi connectivity index (χ2n) is 7.99. The zero-order valence-corrected chi connectivity index (χ0v) is 18.8. The molecule has 0 saturated heterocycles. The van der Waals surface area contributed by atoms with Crippen LogP contribution in [0.5, 0.6) is 0 Å². The van der Waals surface area contributed by atoms with Gasteiger partial charge in [-0.15, -0.1) is 0 Å². The molecule has 156 valence electrons. The van der Waals surface area contributed by atoms with Gasteiger partial charge in [0.2, 0.25) is 0 Å². The van der Waals surface area contributed by atoms with E-state index in [2.05, 4.69) is 25.7 Å². The highest BCUT2D eigenvalue weighted by Crippen LogP contribution is 2.36. The molecule has 0 radical (unpaired) electrons. The molecule has 0 bridgehead atoms. The molecule has 1 aliphatic heterocycles. The Labute approximate surface area is 179 Å². The minimum absolute atomic E-state index is 0.0966. The third-order valence-corrected chi connectivity index (χ3v) is 5.79. The predicted octanol–water partition coefficient (Wildman–Crippen LogP) is 4.90. The fourth-order valence-corrected chi connectivity index (χ4v) is 4.19. The largest absolute Gasteiger partial charge is 0.383 e. The van der Waals surface area contributed by atoms with E-state index in [0.29, 0.717) is 16.5 Å². The van der Waals surface area contributed by atoms with E-state index in [0.717, 1.165) is 37.3 Å². The molecule has 29 heavy (non-hydrogen) atoms. The Hall–Kier alpha value is -2.27. The Morgan fingerprint density at radius 1 is 1.21 bits per heavy atom. The maximum atomic E-state index is 13.3. The average Bonchev–Trinajstić information content (AvgIpc) is 3.00. The Morgan fingerprint density at radius 3 is 2.45 bits per heavy atom. The number of carbonyl (C=O) groups excluding carboxylic acids is 1. The molecular formula is C23H31ClN4O. The number of hydrogen-bond acceptors (Lipinski definition) is 4. The first-order valence-electron chi connectivity index (χ1n) is 10.4. The van der Waals surface area contributed by atoms with Crippen LogP contribution < -0.4 is 5.01 Å². The first-order valence-corrected chi connectivity index (χ1v) is 10.8. The first-order chi connectivity index (χ1) is 13.8. The van der Waals surface area contributed by atoms with Crippen LogP contribution in [0.1, 0.15) is 40.0 Å². The third-order valence-electron chi connectivity index (χ3n) is 5.54. The molecule has 2 aliphatic rings. The van der Waals surface area contributed by atoms with E-state index >= 15 is 0 Å². The molecule has 5 nitrogen and oxygen atoms in total. The zero-order valence-electron chi connectivity index (χ0n) is 18.1. The summed E-state index contributed by atoms with van der Waals surface area (Å²) in [5.41, 5.74) is 4.74. The van der Waals surface area contributed by atoms with Crippen LogP contribution in [0, 0.1) is 5.92 Å². The number of allylic oxidation sites excluding steroid dienone is 2. The van der Waals surface area contributed by atoms with Crippen molar-refractivity contribution >= 4 is 28.9 Å². The SMILES string of the molecule is CCN(CC)C1=C(C2=NN(c3ccc(Cl)cc3)C(=O)C2=CN(C)C)CC(C)CC1. The number of anilines is 1. The minimum Gasteiger partial charge on any atom is -0.383 e. The van der Waals surface area contributed by atoms with Crippen molar-refractivity contribution in [3.05, 3.63) is 52.3 Å². The van der Waals surface area contributed by atoms with Crippen LogP contribution in [-0.4, -0.2) is 48.6 Å². The molecule has 0 fully saturated rings. The van der Waals surface area contributed by atoms with E-state index in [1.807, 2.05) is 37.3 Å². The zero-order chi connectivity index (χ0) is 21.1. The van der Waals surface area contributed by atoms with Crippen molar-refractivity contribution in [2.45, 2.75) is 40.0 Å². The molecule has 1 aliphatic carbocycles. The van der Waals surface area contributed by atoms with E-state index in [1.165, 1.54) is 22.7 Å². The molecule has 0 spiro atoms. The summed E-state index contributed by atoms with van der Waals surface area (Å²) in [6.07, 6.45) is 5.03. The molecular weight excluding hydrogens is 384 g/mol. The van der Waals surface area contributed by atoms with Crippen LogP contribution in [0.3, 0.4) is 0 Å². The van der Waals surface area contributed by atoms with Crippen molar-refractivity contribution in [2.24, 2.45) is 11.0 Å². The Morgan fingerprint density at radius 2 is 1.86 bits per heavy atom. The molecule has 0 N–H and O–H groups in total. The summed E-state index contributed by atoms with van der Waals surface area (Å²) in [5, 5.41) is 6.99. The van der Waals surface area contributed by atoms with Crippen LogP contribution in [0.25, 0.3) is 0 Å².